The molecular formula is C4H9PS. The van der Waals surface area contributed by atoms with Crippen molar-refractivity contribution in [3.63, 3.8) is 0 Å². The van der Waals surface area contributed by atoms with E-state index in [0.29, 0.717) is 0 Å². The lowest BCUT2D eigenvalue weighted by atomic mass is 10.4. The molecule has 1 heterocycles. The molecule has 0 aromatic heterocycles. The van der Waals surface area contributed by atoms with Crippen LogP contribution in [0, 0.1) is 0 Å². The monoisotopic (exact) mass is 120 g/mol. The summed E-state index contributed by atoms with van der Waals surface area (Å²) in [4.78, 5) is 0. The molecule has 1 aliphatic rings. The maximum absolute atomic E-state index is 5.10. The largest absolute Gasteiger partial charge is 0.559 e. The summed E-state index contributed by atoms with van der Waals surface area (Å²) in [5.41, 5.74) is 0. The highest BCUT2D eigenvalue weighted by Crippen LogP contribution is 2.40. The van der Waals surface area contributed by atoms with Crippen LogP contribution in [0.4, 0.5) is 0 Å². The third-order valence-electron chi connectivity index (χ3n) is 1.16. The van der Waals surface area contributed by atoms with Gasteiger partial charge in [-0.15, -0.1) is 7.12 Å². The Morgan fingerprint density at radius 3 is 1.83 bits per heavy atom. The lowest BCUT2D eigenvalue weighted by Gasteiger charge is -1.99. The Bertz CT molecular complexity index is 40.8. The summed E-state index contributed by atoms with van der Waals surface area (Å²) >= 11 is 5.10. The highest BCUT2D eigenvalue weighted by molar-refractivity contribution is 8.33. The van der Waals surface area contributed by atoms with Crippen LogP contribution in [0.25, 0.3) is 0 Å². The molecule has 0 aliphatic carbocycles. The van der Waals surface area contributed by atoms with Gasteiger partial charge in [0, 0.05) is 12.3 Å². The Morgan fingerprint density at radius 2 is 1.67 bits per heavy atom. The summed E-state index contributed by atoms with van der Waals surface area (Å²) in [5, 5.41) is 0. The predicted octanol–water partition coefficient (Wildman–Crippen LogP) is 1.46. The predicted molar refractivity (Wildman–Crippen MR) is 34.6 cm³/mol. The molecule has 0 spiro atoms. The lowest BCUT2D eigenvalue weighted by molar-refractivity contribution is 0.949. The molecule has 0 amide bonds. The summed E-state index contributed by atoms with van der Waals surface area (Å²) in [6, 6.07) is 0. The van der Waals surface area contributed by atoms with E-state index in [0.717, 1.165) is 0 Å². The molecule has 0 saturated carbocycles. The Hall–Kier alpha value is 0.780. The third-order valence-corrected chi connectivity index (χ3v) is 4.21. The van der Waals surface area contributed by atoms with Crippen LogP contribution in [0.15, 0.2) is 0 Å². The van der Waals surface area contributed by atoms with E-state index in [1.807, 2.05) is 0 Å². The number of rotatable bonds is 0. The maximum Gasteiger partial charge on any atom is 0.0377 e. The fourth-order valence-corrected chi connectivity index (χ4v) is 3.17. The van der Waals surface area contributed by atoms with Crippen molar-refractivity contribution in [2.24, 2.45) is 0 Å². The summed E-state index contributed by atoms with van der Waals surface area (Å²) in [6.07, 6.45) is 5.66. The summed E-state index contributed by atoms with van der Waals surface area (Å²) in [5.74, 6) is 0. The first-order valence-corrected chi connectivity index (χ1v) is 5.46. The smallest absolute Gasteiger partial charge is 0.0377 e. The van der Waals surface area contributed by atoms with Gasteiger partial charge >= 0.3 is 0 Å². The van der Waals surface area contributed by atoms with Gasteiger partial charge in [-0.3, -0.25) is 0 Å². The molecule has 1 saturated heterocycles. The van der Waals surface area contributed by atoms with E-state index >= 15 is 0 Å². The molecule has 0 aromatic carbocycles. The van der Waals surface area contributed by atoms with Crippen molar-refractivity contribution >= 4 is 19.4 Å². The zero-order valence-corrected chi connectivity index (χ0v) is 5.55. The fourth-order valence-electron chi connectivity index (χ4n) is 0.769. The molecular weight excluding hydrogens is 111 g/mol. The van der Waals surface area contributed by atoms with Gasteiger partial charge in [0.1, 0.15) is 0 Å². The van der Waals surface area contributed by atoms with Crippen LogP contribution in [-0.4, -0.2) is 12.3 Å². The Kier molecular flexibility index (Phi) is 1.79. The molecule has 0 radical (unpaired) electrons. The van der Waals surface area contributed by atoms with Crippen LogP contribution in [0.5, 0.6) is 0 Å². The first-order valence-electron chi connectivity index (χ1n) is 2.41. The van der Waals surface area contributed by atoms with Crippen molar-refractivity contribution in [3.8, 4) is 0 Å². The second kappa shape index (κ2) is 2.18. The van der Waals surface area contributed by atoms with Crippen LogP contribution in [0.3, 0.4) is 0 Å². The molecule has 0 unspecified atom stereocenters. The van der Waals surface area contributed by atoms with Crippen LogP contribution in [0.1, 0.15) is 12.8 Å². The third kappa shape index (κ3) is 1.13. The van der Waals surface area contributed by atoms with Gasteiger partial charge in [-0.25, -0.2) is 0 Å². The van der Waals surface area contributed by atoms with Gasteiger partial charge < -0.3 is 12.2 Å². The maximum atomic E-state index is 5.10. The van der Waals surface area contributed by atoms with Crippen molar-refractivity contribution in [2.45, 2.75) is 12.8 Å². The van der Waals surface area contributed by atoms with Crippen LogP contribution in [-0.2, 0) is 12.2 Å². The minimum absolute atomic E-state index is 0.174. The fraction of sp³-hybridized carbons (Fsp3) is 1.00. The van der Waals surface area contributed by atoms with E-state index in [9.17, 15) is 0 Å². The Labute approximate surface area is 45.2 Å². The van der Waals surface area contributed by atoms with Crippen molar-refractivity contribution in [3.05, 3.63) is 0 Å². The van der Waals surface area contributed by atoms with Gasteiger partial charge in [0.05, 0.1) is 0 Å². The molecule has 2 heteroatoms. The zero-order chi connectivity index (χ0) is 4.41. The zero-order valence-electron chi connectivity index (χ0n) is 3.74. The average molecular weight is 120 g/mol. The van der Waals surface area contributed by atoms with E-state index in [1.165, 1.54) is 25.2 Å². The molecule has 0 N–H and O–H groups in total. The van der Waals surface area contributed by atoms with Gasteiger partial charge in [-0.05, 0) is 12.8 Å². The second-order valence-electron chi connectivity index (χ2n) is 1.75. The first kappa shape index (κ1) is 4.93. The normalized spacial score (nSPS) is 25.5. The van der Waals surface area contributed by atoms with Crippen molar-refractivity contribution in [2.75, 3.05) is 12.3 Å². The van der Waals surface area contributed by atoms with Gasteiger partial charge in [0.2, 0.25) is 0 Å². The van der Waals surface area contributed by atoms with Crippen molar-refractivity contribution in [1.29, 1.82) is 0 Å². The molecule has 0 aromatic rings. The number of hydrogen-bond donors (Lipinski definition) is 0. The molecule has 36 valence electrons. The van der Waals surface area contributed by atoms with E-state index in [-0.39, 0.29) is 7.12 Å². The average Bonchev–Trinajstić information content (AvgIpc) is 1.86. The summed E-state index contributed by atoms with van der Waals surface area (Å²) in [6.45, 7) is 0. The van der Waals surface area contributed by atoms with Gasteiger partial charge in [-0.1, -0.05) is 0 Å². The Balaban J connectivity index is 2.18. The molecule has 0 nitrogen and oxygen atoms in total. The van der Waals surface area contributed by atoms with Gasteiger partial charge in [0.25, 0.3) is 0 Å². The van der Waals surface area contributed by atoms with Gasteiger partial charge in [-0.2, -0.15) is 0 Å². The van der Waals surface area contributed by atoms with Crippen molar-refractivity contribution in [1.82, 2.24) is 0 Å². The van der Waals surface area contributed by atoms with Crippen molar-refractivity contribution < 1.29 is 0 Å². The van der Waals surface area contributed by atoms with Crippen LogP contribution >= 0.6 is 7.12 Å². The summed E-state index contributed by atoms with van der Waals surface area (Å²) < 4.78 is 0. The molecule has 1 rings (SSSR count). The van der Waals surface area contributed by atoms with E-state index < -0.39 is 0 Å². The SMILES string of the molecule is [S-][PH+]1CCCC1. The molecule has 1 aliphatic heterocycles. The molecule has 0 atom stereocenters. The standard InChI is InChI=1S/C4H9PS/c6-5-3-1-2-4-5/h5H,1-4H2. The molecule has 0 bridgehead atoms. The molecule has 1 fully saturated rings. The first-order chi connectivity index (χ1) is 2.89. The quantitative estimate of drug-likeness (QED) is 0.344. The summed E-state index contributed by atoms with van der Waals surface area (Å²) in [7, 11) is -0.174. The lowest BCUT2D eigenvalue weighted by Crippen LogP contribution is -1.63. The van der Waals surface area contributed by atoms with Crippen LogP contribution < -0.4 is 0 Å². The minimum atomic E-state index is -0.174. The topological polar surface area (TPSA) is 0 Å². The second-order valence-corrected chi connectivity index (χ2v) is 5.56. The molecule has 6 heavy (non-hydrogen) atoms. The van der Waals surface area contributed by atoms with E-state index in [1.54, 1.807) is 0 Å². The van der Waals surface area contributed by atoms with E-state index in [2.05, 4.69) is 0 Å². The minimum Gasteiger partial charge on any atom is -0.559 e. The highest BCUT2D eigenvalue weighted by Gasteiger charge is 2.07. The highest BCUT2D eigenvalue weighted by atomic mass is 32.7. The van der Waals surface area contributed by atoms with Crippen LogP contribution in [0.2, 0.25) is 0 Å². The Morgan fingerprint density at radius 1 is 1.17 bits per heavy atom. The van der Waals surface area contributed by atoms with Gasteiger partial charge in [0.15, 0.2) is 0 Å². The number of hydrogen-bond acceptors (Lipinski definition) is 1. The van der Waals surface area contributed by atoms with E-state index in [4.69, 9.17) is 12.2 Å².